The van der Waals surface area contributed by atoms with Crippen LogP contribution >= 0.6 is 0 Å². The van der Waals surface area contributed by atoms with E-state index in [0.717, 1.165) is 42.3 Å². The van der Waals surface area contributed by atoms with E-state index in [0.29, 0.717) is 18.0 Å². The molecular weight excluding hydrogens is 412 g/mol. The smallest absolute Gasteiger partial charge is 0.254 e. The van der Waals surface area contributed by atoms with Gasteiger partial charge in [-0.05, 0) is 48.7 Å². The Kier molecular flexibility index (Phi) is 5.77. The van der Waals surface area contributed by atoms with Crippen LogP contribution in [0.4, 0.5) is 0 Å². The van der Waals surface area contributed by atoms with Crippen molar-refractivity contribution in [2.75, 3.05) is 6.54 Å². The summed E-state index contributed by atoms with van der Waals surface area (Å²) < 4.78 is 3.90. The molecule has 0 spiro atoms. The molecule has 7 nitrogen and oxygen atoms in total. The highest BCUT2D eigenvalue weighted by molar-refractivity contribution is 5.94. The van der Waals surface area contributed by atoms with Crippen LogP contribution in [-0.4, -0.2) is 41.7 Å². The number of hydrogen-bond donors (Lipinski definition) is 0. The summed E-state index contributed by atoms with van der Waals surface area (Å²) in [6.07, 6.45) is 9.33. The summed E-state index contributed by atoms with van der Waals surface area (Å²) in [4.78, 5) is 24.9. The molecule has 1 aliphatic rings. The van der Waals surface area contributed by atoms with Crippen LogP contribution in [0.3, 0.4) is 0 Å². The predicted molar refractivity (Wildman–Crippen MR) is 126 cm³/mol. The van der Waals surface area contributed by atoms with E-state index in [9.17, 15) is 4.79 Å². The average Bonchev–Trinajstić information content (AvgIpc) is 3.60. The highest BCUT2D eigenvalue weighted by atomic mass is 16.2. The van der Waals surface area contributed by atoms with Crippen molar-refractivity contribution in [3.63, 3.8) is 0 Å². The number of pyridine rings is 1. The molecule has 3 aromatic heterocycles. The molecule has 0 unspecified atom stereocenters. The lowest BCUT2D eigenvalue weighted by molar-refractivity contribution is 0.0732. The third kappa shape index (κ3) is 4.31. The van der Waals surface area contributed by atoms with Gasteiger partial charge in [-0.25, -0.2) is 9.97 Å². The van der Waals surface area contributed by atoms with Crippen molar-refractivity contribution in [2.45, 2.75) is 45.2 Å². The van der Waals surface area contributed by atoms with Crippen molar-refractivity contribution in [3.05, 3.63) is 96.0 Å². The summed E-state index contributed by atoms with van der Waals surface area (Å²) >= 11 is 0. The first kappa shape index (κ1) is 21.1. The van der Waals surface area contributed by atoms with E-state index in [-0.39, 0.29) is 11.9 Å². The summed E-state index contributed by atoms with van der Waals surface area (Å²) in [5, 5.41) is 4.27. The first-order valence-corrected chi connectivity index (χ1v) is 11.5. The van der Waals surface area contributed by atoms with Gasteiger partial charge in [-0.3, -0.25) is 14.0 Å². The van der Waals surface area contributed by atoms with Crippen molar-refractivity contribution in [1.82, 2.24) is 29.2 Å². The lowest BCUT2D eigenvalue weighted by Crippen LogP contribution is -2.31. The number of carbonyl (C=O) groups excluding carboxylic acids is 1. The van der Waals surface area contributed by atoms with Gasteiger partial charge >= 0.3 is 0 Å². The van der Waals surface area contributed by atoms with E-state index >= 15 is 0 Å². The second-order valence-corrected chi connectivity index (χ2v) is 8.79. The minimum absolute atomic E-state index is 0.0294. The van der Waals surface area contributed by atoms with Gasteiger partial charge in [-0.1, -0.05) is 32.0 Å². The van der Waals surface area contributed by atoms with E-state index in [4.69, 9.17) is 4.98 Å². The van der Waals surface area contributed by atoms with Gasteiger partial charge in [0.25, 0.3) is 5.91 Å². The highest BCUT2D eigenvalue weighted by Crippen LogP contribution is 2.33. The number of hydrogen-bond acceptors (Lipinski definition) is 4. The van der Waals surface area contributed by atoms with Crippen LogP contribution < -0.4 is 0 Å². The Hall–Kier alpha value is -3.74. The number of carbonyl (C=O) groups is 1. The average molecular weight is 441 g/mol. The van der Waals surface area contributed by atoms with Crippen LogP contribution in [0.5, 0.6) is 0 Å². The van der Waals surface area contributed by atoms with Crippen LogP contribution in [0.2, 0.25) is 0 Å². The molecule has 0 saturated carbocycles. The van der Waals surface area contributed by atoms with Gasteiger partial charge in [0.05, 0.1) is 18.3 Å². The van der Waals surface area contributed by atoms with Crippen LogP contribution in [0.1, 0.15) is 66.1 Å². The standard InChI is InChI=1S/C26H28N6O/c1-19(2)25-27-13-16-32(25)24-11-4-9-22(29-24)23-10-5-15-31(23)26(33)21-8-3-7-20(17-21)18-30-14-6-12-28-30/h3-4,6-9,11-14,16-17,19,23H,5,10,15,18H2,1-2H3/t23-/m1/s1. The van der Waals surface area contributed by atoms with Crippen molar-refractivity contribution < 1.29 is 4.79 Å². The number of aromatic nitrogens is 5. The van der Waals surface area contributed by atoms with Crippen molar-refractivity contribution in [1.29, 1.82) is 0 Å². The summed E-state index contributed by atoms with van der Waals surface area (Å²) in [5.74, 6) is 2.17. The van der Waals surface area contributed by atoms with Gasteiger partial charge in [-0.15, -0.1) is 0 Å². The Balaban J connectivity index is 1.40. The lowest BCUT2D eigenvalue weighted by Gasteiger charge is -2.25. The zero-order chi connectivity index (χ0) is 22.8. The summed E-state index contributed by atoms with van der Waals surface area (Å²) in [6, 6.07) is 15.8. The maximum Gasteiger partial charge on any atom is 0.254 e. The molecule has 7 heteroatoms. The fraction of sp³-hybridized carbons (Fsp3) is 0.308. The SMILES string of the molecule is CC(C)c1nccn1-c1cccc([C@H]2CCCN2C(=O)c2cccc(Cn3cccn3)c2)n1. The Bertz CT molecular complexity index is 1240. The van der Waals surface area contributed by atoms with Crippen molar-refractivity contribution in [3.8, 4) is 5.82 Å². The molecule has 4 aromatic rings. The minimum Gasteiger partial charge on any atom is -0.330 e. The van der Waals surface area contributed by atoms with E-state index in [1.807, 2.05) is 81.3 Å². The number of nitrogens with zero attached hydrogens (tertiary/aromatic N) is 6. The van der Waals surface area contributed by atoms with E-state index < -0.39 is 0 Å². The fourth-order valence-corrected chi connectivity index (χ4v) is 4.56. The van der Waals surface area contributed by atoms with Crippen LogP contribution in [0.25, 0.3) is 5.82 Å². The highest BCUT2D eigenvalue weighted by Gasteiger charge is 2.32. The first-order valence-electron chi connectivity index (χ1n) is 11.5. The third-order valence-electron chi connectivity index (χ3n) is 6.12. The number of amides is 1. The van der Waals surface area contributed by atoms with Gasteiger partial charge < -0.3 is 4.90 Å². The Morgan fingerprint density at radius 3 is 2.79 bits per heavy atom. The minimum atomic E-state index is -0.0294. The van der Waals surface area contributed by atoms with Crippen LogP contribution in [0.15, 0.2) is 73.3 Å². The number of rotatable bonds is 6. The number of imidazole rings is 1. The third-order valence-corrected chi connectivity index (χ3v) is 6.12. The molecule has 0 N–H and O–H groups in total. The Morgan fingerprint density at radius 2 is 1.97 bits per heavy atom. The lowest BCUT2D eigenvalue weighted by atomic mass is 10.1. The molecule has 1 amide bonds. The maximum absolute atomic E-state index is 13.5. The van der Waals surface area contributed by atoms with Gasteiger partial charge in [0, 0.05) is 42.8 Å². The molecule has 4 heterocycles. The number of benzene rings is 1. The van der Waals surface area contributed by atoms with Crippen LogP contribution in [-0.2, 0) is 6.54 Å². The van der Waals surface area contributed by atoms with Crippen molar-refractivity contribution >= 4 is 5.91 Å². The van der Waals surface area contributed by atoms with Gasteiger partial charge in [0.2, 0.25) is 0 Å². The maximum atomic E-state index is 13.5. The number of likely N-dealkylation sites (tertiary alicyclic amines) is 1. The van der Waals surface area contributed by atoms with E-state index in [2.05, 4.69) is 23.9 Å². The molecule has 1 aliphatic heterocycles. The second-order valence-electron chi connectivity index (χ2n) is 8.79. The molecule has 1 saturated heterocycles. The molecule has 168 valence electrons. The molecule has 5 rings (SSSR count). The second kappa shape index (κ2) is 9.02. The Morgan fingerprint density at radius 1 is 1.09 bits per heavy atom. The molecule has 1 atom stereocenters. The summed E-state index contributed by atoms with van der Waals surface area (Å²) in [7, 11) is 0. The van der Waals surface area contributed by atoms with Gasteiger partial charge in [0.1, 0.15) is 11.6 Å². The fourth-order valence-electron chi connectivity index (χ4n) is 4.56. The largest absolute Gasteiger partial charge is 0.330 e. The molecule has 33 heavy (non-hydrogen) atoms. The Labute approximate surface area is 193 Å². The topological polar surface area (TPSA) is 68.8 Å². The molecular formula is C26H28N6O. The summed E-state index contributed by atoms with van der Waals surface area (Å²) in [5.41, 5.74) is 2.69. The quantitative estimate of drug-likeness (QED) is 0.439. The van der Waals surface area contributed by atoms with Gasteiger partial charge in [0.15, 0.2) is 0 Å². The molecule has 0 radical (unpaired) electrons. The monoisotopic (exact) mass is 440 g/mol. The molecule has 1 aromatic carbocycles. The predicted octanol–water partition coefficient (Wildman–Crippen LogP) is 4.61. The molecule has 1 fully saturated rings. The molecule has 0 aliphatic carbocycles. The normalized spacial score (nSPS) is 16.0. The van der Waals surface area contributed by atoms with Crippen molar-refractivity contribution in [2.24, 2.45) is 0 Å². The summed E-state index contributed by atoms with van der Waals surface area (Å²) in [6.45, 7) is 5.63. The zero-order valence-corrected chi connectivity index (χ0v) is 19.0. The van der Waals surface area contributed by atoms with E-state index in [1.54, 1.807) is 6.20 Å². The zero-order valence-electron chi connectivity index (χ0n) is 19.0. The molecule has 0 bridgehead atoms. The van der Waals surface area contributed by atoms with Gasteiger partial charge in [-0.2, -0.15) is 5.10 Å². The van der Waals surface area contributed by atoms with Crippen LogP contribution in [0, 0.1) is 0 Å². The van der Waals surface area contributed by atoms with E-state index in [1.165, 1.54) is 0 Å². The first-order chi connectivity index (χ1) is 16.1.